The standard InChI is InChI=1S/C22H25NO5/c1-4-6-14(22(24)15-7-8-17(23)19(10-15)26-5-2)9-16-11-20-21(28-13-27-20)12-18(16)25-3/h7-12H,4-6,13,23H2,1-3H3. The van der Waals surface area contributed by atoms with Gasteiger partial charge in [0.15, 0.2) is 17.3 Å². The number of hydrogen-bond acceptors (Lipinski definition) is 6. The average molecular weight is 383 g/mol. The van der Waals surface area contributed by atoms with E-state index < -0.39 is 0 Å². The molecule has 0 amide bonds. The van der Waals surface area contributed by atoms with Crippen molar-refractivity contribution in [3.05, 3.63) is 47.0 Å². The van der Waals surface area contributed by atoms with E-state index in [0.29, 0.717) is 52.8 Å². The van der Waals surface area contributed by atoms with Gasteiger partial charge in [-0.15, -0.1) is 0 Å². The molecule has 0 saturated heterocycles. The first-order valence-electron chi connectivity index (χ1n) is 9.32. The van der Waals surface area contributed by atoms with Crippen molar-refractivity contribution in [2.45, 2.75) is 26.7 Å². The second kappa shape index (κ2) is 8.69. The van der Waals surface area contributed by atoms with E-state index in [-0.39, 0.29) is 12.6 Å². The SMILES string of the molecule is CCCC(=Cc1cc2c(cc1OC)OCO2)C(=O)c1ccc(N)c(OCC)c1. The number of allylic oxidation sites excluding steroid dienone is 1. The van der Waals surface area contributed by atoms with Crippen LogP contribution in [0.4, 0.5) is 5.69 Å². The maximum absolute atomic E-state index is 13.2. The van der Waals surface area contributed by atoms with Gasteiger partial charge in [0.2, 0.25) is 6.79 Å². The van der Waals surface area contributed by atoms with E-state index in [1.54, 1.807) is 31.4 Å². The topological polar surface area (TPSA) is 80.0 Å². The van der Waals surface area contributed by atoms with E-state index in [2.05, 4.69) is 0 Å². The average Bonchev–Trinajstić information content (AvgIpc) is 3.15. The minimum atomic E-state index is -0.0671. The molecule has 0 spiro atoms. The molecule has 0 aliphatic carbocycles. The molecule has 28 heavy (non-hydrogen) atoms. The monoisotopic (exact) mass is 383 g/mol. The normalized spacial score (nSPS) is 12.8. The zero-order chi connectivity index (χ0) is 20.1. The van der Waals surface area contributed by atoms with E-state index >= 15 is 0 Å². The molecular weight excluding hydrogens is 358 g/mol. The lowest BCUT2D eigenvalue weighted by Gasteiger charge is -2.12. The Hall–Kier alpha value is -3.15. The molecule has 0 radical (unpaired) electrons. The highest BCUT2D eigenvalue weighted by Crippen LogP contribution is 2.39. The molecule has 0 aromatic heterocycles. The molecule has 1 aliphatic rings. The number of anilines is 1. The Morgan fingerprint density at radius 3 is 2.57 bits per heavy atom. The molecule has 2 aromatic carbocycles. The number of benzene rings is 2. The minimum absolute atomic E-state index is 0.0671. The number of methoxy groups -OCH3 is 1. The predicted molar refractivity (Wildman–Crippen MR) is 108 cm³/mol. The molecule has 0 unspecified atom stereocenters. The molecule has 2 N–H and O–H groups in total. The molecule has 0 bridgehead atoms. The highest BCUT2D eigenvalue weighted by atomic mass is 16.7. The molecule has 6 nitrogen and oxygen atoms in total. The van der Waals surface area contributed by atoms with Crippen molar-refractivity contribution in [2.24, 2.45) is 0 Å². The molecule has 3 rings (SSSR count). The fourth-order valence-electron chi connectivity index (χ4n) is 3.08. The van der Waals surface area contributed by atoms with E-state index in [1.807, 2.05) is 26.0 Å². The van der Waals surface area contributed by atoms with Crippen LogP contribution >= 0.6 is 0 Å². The van der Waals surface area contributed by atoms with Crippen molar-refractivity contribution < 1.29 is 23.7 Å². The van der Waals surface area contributed by atoms with Gasteiger partial charge in [0.25, 0.3) is 0 Å². The van der Waals surface area contributed by atoms with Crippen LogP contribution in [0.25, 0.3) is 6.08 Å². The third kappa shape index (κ3) is 4.06. The first-order chi connectivity index (χ1) is 13.6. The van der Waals surface area contributed by atoms with Crippen molar-refractivity contribution in [1.29, 1.82) is 0 Å². The first-order valence-corrected chi connectivity index (χ1v) is 9.32. The van der Waals surface area contributed by atoms with Gasteiger partial charge in [-0.1, -0.05) is 13.3 Å². The van der Waals surface area contributed by atoms with Gasteiger partial charge in [-0.05, 0) is 43.7 Å². The summed E-state index contributed by atoms with van der Waals surface area (Å²) in [6.07, 6.45) is 3.31. The zero-order valence-corrected chi connectivity index (χ0v) is 16.4. The van der Waals surface area contributed by atoms with Crippen LogP contribution in [-0.2, 0) is 0 Å². The van der Waals surface area contributed by atoms with Crippen molar-refractivity contribution in [3.8, 4) is 23.0 Å². The Balaban J connectivity index is 2.00. The number of carbonyl (C=O) groups is 1. The van der Waals surface area contributed by atoms with Gasteiger partial charge in [-0.2, -0.15) is 0 Å². The number of Topliss-reactive ketones (excluding diaryl/α,β-unsaturated/α-hetero) is 1. The number of fused-ring (bicyclic) bond motifs is 1. The van der Waals surface area contributed by atoms with Gasteiger partial charge < -0.3 is 24.7 Å². The number of nitrogen functional groups attached to an aromatic ring is 1. The molecule has 0 fully saturated rings. The molecule has 1 aliphatic heterocycles. The summed E-state index contributed by atoms with van der Waals surface area (Å²) in [5.74, 6) is 2.35. The summed E-state index contributed by atoms with van der Waals surface area (Å²) in [6, 6.07) is 8.72. The summed E-state index contributed by atoms with van der Waals surface area (Å²) >= 11 is 0. The summed E-state index contributed by atoms with van der Waals surface area (Å²) in [7, 11) is 1.59. The van der Waals surface area contributed by atoms with Gasteiger partial charge in [0.1, 0.15) is 11.5 Å². The Labute approximate surface area is 164 Å². The number of nitrogens with two attached hydrogens (primary N) is 1. The smallest absolute Gasteiger partial charge is 0.231 e. The lowest BCUT2D eigenvalue weighted by atomic mass is 9.96. The first kappa shape index (κ1) is 19.6. The quantitative estimate of drug-likeness (QED) is 0.411. The summed E-state index contributed by atoms with van der Waals surface area (Å²) in [4.78, 5) is 13.2. The Kier molecular flexibility index (Phi) is 6.09. The van der Waals surface area contributed by atoms with E-state index in [9.17, 15) is 4.79 Å². The second-order valence-corrected chi connectivity index (χ2v) is 6.38. The van der Waals surface area contributed by atoms with Crippen LogP contribution in [0.1, 0.15) is 42.6 Å². The maximum Gasteiger partial charge on any atom is 0.231 e. The summed E-state index contributed by atoms with van der Waals surface area (Å²) in [5, 5.41) is 0. The largest absolute Gasteiger partial charge is 0.496 e. The third-order valence-corrected chi connectivity index (χ3v) is 4.44. The van der Waals surface area contributed by atoms with Crippen LogP contribution in [0, 0.1) is 0 Å². The molecule has 0 saturated carbocycles. The summed E-state index contributed by atoms with van der Waals surface area (Å²) in [6.45, 7) is 4.57. The Bertz CT molecular complexity index is 904. The third-order valence-electron chi connectivity index (χ3n) is 4.44. The van der Waals surface area contributed by atoms with Crippen LogP contribution in [0.5, 0.6) is 23.0 Å². The maximum atomic E-state index is 13.2. The molecule has 1 heterocycles. The van der Waals surface area contributed by atoms with Crippen LogP contribution in [0.15, 0.2) is 35.9 Å². The van der Waals surface area contributed by atoms with E-state index in [4.69, 9.17) is 24.7 Å². The summed E-state index contributed by atoms with van der Waals surface area (Å²) < 4.78 is 21.9. The fourth-order valence-corrected chi connectivity index (χ4v) is 3.08. The van der Waals surface area contributed by atoms with Crippen LogP contribution in [0.3, 0.4) is 0 Å². The van der Waals surface area contributed by atoms with Crippen molar-refractivity contribution in [2.75, 3.05) is 26.2 Å². The van der Waals surface area contributed by atoms with E-state index in [1.165, 1.54) is 0 Å². The van der Waals surface area contributed by atoms with E-state index in [0.717, 1.165) is 12.0 Å². The number of ether oxygens (including phenoxy) is 4. The lowest BCUT2D eigenvalue weighted by Crippen LogP contribution is -2.06. The molecule has 0 atom stereocenters. The molecular formula is C22H25NO5. The molecule has 148 valence electrons. The highest BCUT2D eigenvalue weighted by molar-refractivity contribution is 6.11. The number of ketones is 1. The highest BCUT2D eigenvalue weighted by Gasteiger charge is 2.19. The molecule has 2 aromatic rings. The zero-order valence-electron chi connectivity index (χ0n) is 16.4. The van der Waals surface area contributed by atoms with Crippen LogP contribution in [-0.4, -0.2) is 26.3 Å². The number of hydrogen-bond donors (Lipinski definition) is 1. The molecule has 6 heteroatoms. The van der Waals surface area contributed by atoms with Gasteiger partial charge in [-0.3, -0.25) is 4.79 Å². The minimum Gasteiger partial charge on any atom is -0.496 e. The van der Waals surface area contributed by atoms with Crippen molar-refractivity contribution in [1.82, 2.24) is 0 Å². The number of rotatable bonds is 8. The lowest BCUT2D eigenvalue weighted by molar-refractivity contribution is 0.103. The van der Waals surface area contributed by atoms with Gasteiger partial charge in [0.05, 0.1) is 19.4 Å². The Morgan fingerprint density at radius 1 is 1.14 bits per heavy atom. The fraction of sp³-hybridized carbons (Fsp3) is 0.318. The van der Waals surface area contributed by atoms with Gasteiger partial charge in [0, 0.05) is 22.8 Å². The van der Waals surface area contributed by atoms with Gasteiger partial charge >= 0.3 is 0 Å². The predicted octanol–water partition coefficient (Wildman–Crippen LogP) is 4.47. The number of carbonyl (C=O) groups excluding carboxylic acids is 1. The summed E-state index contributed by atoms with van der Waals surface area (Å²) in [5.41, 5.74) is 8.42. The van der Waals surface area contributed by atoms with Gasteiger partial charge in [-0.25, -0.2) is 0 Å². The Morgan fingerprint density at radius 2 is 1.89 bits per heavy atom. The van der Waals surface area contributed by atoms with Crippen molar-refractivity contribution in [3.63, 3.8) is 0 Å². The van der Waals surface area contributed by atoms with Crippen LogP contribution in [0.2, 0.25) is 0 Å². The van der Waals surface area contributed by atoms with Crippen LogP contribution < -0.4 is 24.7 Å². The van der Waals surface area contributed by atoms with Crippen molar-refractivity contribution >= 4 is 17.5 Å². The second-order valence-electron chi connectivity index (χ2n) is 6.38.